The highest BCUT2D eigenvalue weighted by Crippen LogP contribution is 2.31. The Hall–Kier alpha value is -0.480. The molecule has 0 fully saturated rings. The van der Waals surface area contributed by atoms with Gasteiger partial charge in [-0.15, -0.1) is 12.4 Å². The number of nitrogens with two attached hydrogens (primary N) is 1. The molecular weight excluding hydrogens is 249 g/mol. The number of benzene rings is 1. The van der Waals surface area contributed by atoms with Gasteiger partial charge < -0.3 is 15.9 Å². The van der Waals surface area contributed by atoms with Crippen LogP contribution in [0.1, 0.15) is 30.0 Å². The first-order valence-electron chi connectivity index (χ1n) is 4.91. The van der Waals surface area contributed by atoms with Crippen molar-refractivity contribution in [3.05, 3.63) is 28.3 Å². The highest BCUT2D eigenvalue weighted by molar-refractivity contribution is 6.30. The third-order valence-corrected chi connectivity index (χ3v) is 2.59. The molecule has 0 aliphatic carbocycles. The molecular formula is C11H17Cl2NO2. The Bertz CT molecular complexity index is 345. The summed E-state index contributed by atoms with van der Waals surface area (Å²) in [6.07, 6.45) is 1.25. The maximum atomic E-state index is 9.79. The number of aliphatic hydroxyl groups is 1. The van der Waals surface area contributed by atoms with E-state index in [2.05, 4.69) is 0 Å². The zero-order valence-corrected chi connectivity index (χ0v) is 10.7. The number of rotatable bonds is 4. The molecule has 5 heteroatoms. The van der Waals surface area contributed by atoms with Crippen molar-refractivity contribution in [1.82, 2.24) is 0 Å². The topological polar surface area (TPSA) is 66.5 Å². The number of aromatic hydroxyl groups is 1. The van der Waals surface area contributed by atoms with Crippen molar-refractivity contribution in [1.29, 1.82) is 0 Å². The molecule has 0 bridgehead atoms. The second-order valence-corrected chi connectivity index (χ2v) is 4.07. The smallest absolute Gasteiger partial charge is 0.123 e. The number of phenols is 1. The first kappa shape index (κ1) is 15.5. The van der Waals surface area contributed by atoms with Crippen LogP contribution in [0.5, 0.6) is 5.75 Å². The minimum atomic E-state index is -0.283. The first-order valence-corrected chi connectivity index (χ1v) is 5.29. The summed E-state index contributed by atoms with van der Waals surface area (Å²) in [5.74, 6) is 0.199. The molecule has 0 aliphatic rings. The molecule has 0 unspecified atom stereocenters. The van der Waals surface area contributed by atoms with Gasteiger partial charge in [-0.2, -0.15) is 0 Å². The van der Waals surface area contributed by atoms with Gasteiger partial charge in [0.25, 0.3) is 0 Å². The lowest BCUT2D eigenvalue weighted by Crippen LogP contribution is -2.11. The van der Waals surface area contributed by atoms with Crippen molar-refractivity contribution in [3.63, 3.8) is 0 Å². The van der Waals surface area contributed by atoms with Gasteiger partial charge in [0.05, 0.1) is 0 Å². The molecule has 0 saturated heterocycles. The number of halogens is 2. The van der Waals surface area contributed by atoms with Crippen molar-refractivity contribution in [2.45, 2.75) is 25.8 Å². The summed E-state index contributed by atoms with van der Waals surface area (Å²) in [6.45, 7) is 1.89. The van der Waals surface area contributed by atoms with Gasteiger partial charge in [0.1, 0.15) is 5.75 Å². The van der Waals surface area contributed by atoms with E-state index >= 15 is 0 Å². The normalized spacial score (nSPS) is 12.0. The molecule has 1 aromatic carbocycles. The number of aryl methyl sites for hydroxylation is 1. The van der Waals surface area contributed by atoms with Gasteiger partial charge in [-0.05, 0) is 37.5 Å². The summed E-state index contributed by atoms with van der Waals surface area (Å²) in [5, 5.41) is 19.1. The van der Waals surface area contributed by atoms with Gasteiger partial charge in [0.2, 0.25) is 0 Å². The third kappa shape index (κ3) is 3.83. The second-order valence-electron chi connectivity index (χ2n) is 3.63. The average molecular weight is 266 g/mol. The average Bonchev–Trinajstić information content (AvgIpc) is 2.19. The largest absolute Gasteiger partial charge is 0.507 e. The van der Waals surface area contributed by atoms with Crippen LogP contribution in [0.3, 0.4) is 0 Å². The molecule has 1 atom stereocenters. The molecule has 0 radical (unpaired) electrons. The Morgan fingerprint density at radius 3 is 2.62 bits per heavy atom. The van der Waals surface area contributed by atoms with Crippen LogP contribution in [0.2, 0.25) is 5.02 Å². The van der Waals surface area contributed by atoms with Gasteiger partial charge in [0, 0.05) is 23.2 Å². The van der Waals surface area contributed by atoms with Crippen LogP contribution in [0.25, 0.3) is 0 Å². The van der Waals surface area contributed by atoms with Crippen LogP contribution in [0, 0.1) is 6.92 Å². The number of aliphatic hydroxyl groups excluding tert-OH is 1. The van der Waals surface area contributed by atoms with Crippen LogP contribution in [0.4, 0.5) is 0 Å². The monoisotopic (exact) mass is 265 g/mol. The lowest BCUT2D eigenvalue weighted by molar-refractivity contribution is 0.279. The SMILES string of the molecule is Cc1cc(Cl)cc([C@@H](N)CCCO)c1O.Cl. The molecule has 0 aromatic heterocycles. The fraction of sp³-hybridized carbons (Fsp3) is 0.455. The molecule has 1 aromatic rings. The van der Waals surface area contributed by atoms with E-state index in [0.717, 1.165) is 5.56 Å². The van der Waals surface area contributed by atoms with E-state index in [4.69, 9.17) is 22.4 Å². The zero-order valence-electron chi connectivity index (χ0n) is 9.11. The van der Waals surface area contributed by atoms with Crippen molar-refractivity contribution in [2.75, 3.05) is 6.61 Å². The van der Waals surface area contributed by atoms with E-state index in [9.17, 15) is 5.11 Å². The summed E-state index contributed by atoms with van der Waals surface area (Å²) in [6, 6.07) is 3.08. The van der Waals surface area contributed by atoms with E-state index in [1.165, 1.54) is 0 Å². The van der Waals surface area contributed by atoms with Crippen molar-refractivity contribution >= 4 is 24.0 Å². The standard InChI is InChI=1S/C11H16ClNO2.ClH/c1-7-5-8(12)6-9(11(7)15)10(13)3-2-4-14;/h5-6,10,14-15H,2-4,13H2,1H3;1H/t10-;/m0./s1. The molecule has 0 amide bonds. The van der Waals surface area contributed by atoms with Gasteiger partial charge in [-0.1, -0.05) is 11.6 Å². The molecule has 0 heterocycles. The van der Waals surface area contributed by atoms with E-state index in [1.54, 1.807) is 19.1 Å². The zero-order chi connectivity index (χ0) is 11.4. The fourth-order valence-electron chi connectivity index (χ4n) is 1.51. The van der Waals surface area contributed by atoms with Gasteiger partial charge in [-0.3, -0.25) is 0 Å². The molecule has 1 rings (SSSR count). The van der Waals surface area contributed by atoms with Crippen molar-refractivity contribution in [3.8, 4) is 5.75 Å². The van der Waals surface area contributed by atoms with E-state index in [0.29, 0.717) is 23.4 Å². The Kier molecular flexibility index (Phi) is 6.76. The van der Waals surface area contributed by atoms with E-state index in [1.807, 2.05) is 0 Å². The van der Waals surface area contributed by atoms with E-state index in [-0.39, 0.29) is 30.8 Å². The van der Waals surface area contributed by atoms with E-state index < -0.39 is 0 Å². The molecule has 0 spiro atoms. The lowest BCUT2D eigenvalue weighted by Gasteiger charge is -2.15. The van der Waals surface area contributed by atoms with Gasteiger partial charge >= 0.3 is 0 Å². The Morgan fingerprint density at radius 2 is 2.06 bits per heavy atom. The Labute approximate surface area is 107 Å². The predicted octanol–water partition coefficient (Wildman–Crippen LogP) is 2.55. The van der Waals surface area contributed by atoms with Crippen molar-refractivity contribution < 1.29 is 10.2 Å². The molecule has 4 N–H and O–H groups in total. The van der Waals surface area contributed by atoms with Gasteiger partial charge in [-0.25, -0.2) is 0 Å². The summed E-state index contributed by atoms with van der Waals surface area (Å²) in [5.41, 5.74) is 7.26. The van der Waals surface area contributed by atoms with Crippen LogP contribution >= 0.6 is 24.0 Å². The summed E-state index contributed by atoms with van der Waals surface area (Å²) >= 11 is 5.88. The Balaban J connectivity index is 0.00000225. The highest BCUT2D eigenvalue weighted by Gasteiger charge is 2.13. The van der Waals surface area contributed by atoms with Crippen LogP contribution < -0.4 is 5.73 Å². The number of hydrogen-bond donors (Lipinski definition) is 3. The predicted molar refractivity (Wildman–Crippen MR) is 68.4 cm³/mol. The highest BCUT2D eigenvalue weighted by atomic mass is 35.5. The lowest BCUT2D eigenvalue weighted by atomic mass is 10.00. The van der Waals surface area contributed by atoms with Crippen LogP contribution in [-0.2, 0) is 0 Å². The molecule has 3 nitrogen and oxygen atoms in total. The minimum Gasteiger partial charge on any atom is -0.507 e. The molecule has 16 heavy (non-hydrogen) atoms. The maximum Gasteiger partial charge on any atom is 0.123 e. The molecule has 92 valence electrons. The summed E-state index contributed by atoms with van der Waals surface area (Å²) in [7, 11) is 0. The third-order valence-electron chi connectivity index (χ3n) is 2.37. The van der Waals surface area contributed by atoms with Gasteiger partial charge in [0.15, 0.2) is 0 Å². The maximum absolute atomic E-state index is 9.79. The fourth-order valence-corrected chi connectivity index (χ4v) is 1.79. The van der Waals surface area contributed by atoms with Crippen LogP contribution in [-0.4, -0.2) is 16.8 Å². The summed E-state index contributed by atoms with van der Waals surface area (Å²) in [4.78, 5) is 0. The molecule has 0 aliphatic heterocycles. The van der Waals surface area contributed by atoms with Crippen LogP contribution in [0.15, 0.2) is 12.1 Å². The Morgan fingerprint density at radius 1 is 1.44 bits per heavy atom. The quantitative estimate of drug-likeness (QED) is 0.784. The first-order chi connectivity index (χ1) is 7.06. The second kappa shape index (κ2) is 6.97. The summed E-state index contributed by atoms with van der Waals surface area (Å²) < 4.78 is 0. The van der Waals surface area contributed by atoms with Crippen molar-refractivity contribution in [2.24, 2.45) is 5.73 Å². The minimum absolute atomic E-state index is 0. The molecule has 0 saturated carbocycles. The number of phenolic OH excluding ortho intramolecular Hbond substituents is 1. The number of hydrogen-bond acceptors (Lipinski definition) is 3.